The van der Waals surface area contributed by atoms with Crippen molar-refractivity contribution >= 4 is 11.9 Å². The van der Waals surface area contributed by atoms with Crippen LogP contribution in [0.4, 0.5) is 0 Å². The highest BCUT2D eigenvalue weighted by molar-refractivity contribution is 5.90. The van der Waals surface area contributed by atoms with Gasteiger partial charge < -0.3 is 10.1 Å². The van der Waals surface area contributed by atoms with Crippen molar-refractivity contribution in [2.24, 2.45) is 0 Å². The average molecular weight is 234 g/mol. The summed E-state index contributed by atoms with van der Waals surface area (Å²) in [6.45, 7) is 2.06. The minimum atomic E-state index is -0.579. The van der Waals surface area contributed by atoms with E-state index in [1.54, 1.807) is 19.3 Å². The smallest absolute Gasteiger partial charge is 0.329 e. The summed E-state index contributed by atoms with van der Waals surface area (Å²) in [6.07, 6.45) is 3.62. The first kappa shape index (κ1) is 11.6. The van der Waals surface area contributed by atoms with Gasteiger partial charge in [-0.2, -0.15) is 0 Å². The minimum absolute atomic E-state index is 0.120. The van der Waals surface area contributed by atoms with Gasteiger partial charge >= 0.3 is 5.97 Å². The number of nitrogens with one attached hydrogen (secondary N) is 1. The topological polar surface area (TPSA) is 68.3 Å². The van der Waals surface area contributed by atoms with Crippen molar-refractivity contribution in [2.45, 2.75) is 25.3 Å². The number of hydrogen-bond acceptors (Lipinski definition) is 4. The second-order valence-electron chi connectivity index (χ2n) is 3.89. The van der Waals surface area contributed by atoms with E-state index >= 15 is 0 Å². The quantitative estimate of drug-likeness (QED) is 0.778. The molecule has 5 heteroatoms. The Morgan fingerprint density at radius 2 is 2.24 bits per heavy atom. The number of amides is 1. The molecule has 0 saturated carbocycles. The van der Waals surface area contributed by atoms with E-state index in [4.69, 9.17) is 4.74 Å². The van der Waals surface area contributed by atoms with Crippen LogP contribution in [0.3, 0.4) is 0 Å². The molecule has 0 aromatic carbocycles. The van der Waals surface area contributed by atoms with Gasteiger partial charge in [0.2, 0.25) is 5.91 Å². The predicted molar refractivity (Wildman–Crippen MR) is 60.2 cm³/mol. The van der Waals surface area contributed by atoms with E-state index in [0.717, 1.165) is 5.56 Å². The number of carbonyl (C=O) groups is 2. The molecule has 0 bridgehead atoms. The van der Waals surface area contributed by atoms with Crippen LogP contribution in [0.2, 0.25) is 0 Å². The molecule has 1 N–H and O–H groups in total. The molecule has 2 rings (SSSR count). The second-order valence-corrected chi connectivity index (χ2v) is 3.89. The lowest BCUT2D eigenvalue weighted by molar-refractivity contribution is -0.146. The molecule has 2 atom stereocenters. The summed E-state index contributed by atoms with van der Waals surface area (Å²) in [5, 5.41) is 2.65. The number of aromatic nitrogens is 1. The van der Waals surface area contributed by atoms with Gasteiger partial charge in [-0.15, -0.1) is 0 Å². The molecular weight excluding hydrogens is 220 g/mol. The molecule has 2 unspecified atom stereocenters. The molecule has 1 aliphatic heterocycles. The number of hydrogen-bond donors (Lipinski definition) is 1. The van der Waals surface area contributed by atoms with Gasteiger partial charge in [0.1, 0.15) is 6.04 Å². The van der Waals surface area contributed by atoms with E-state index in [1.807, 2.05) is 12.1 Å². The van der Waals surface area contributed by atoms with Gasteiger partial charge in [0, 0.05) is 24.7 Å². The zero-order valence-electron chi connectivity index (χ0n) is 9.55. The first-order valence-corrected chi connectivity index (χ1v) is 5.58. The van der Waals surface area contributed by atoms with Crippen molar-refractivity contribution in [2.75, 3.05) is 6.61 Å². The van der Waals surface area contributed by atoms with Crippen LogP contribution >= 0.6 is 0 Å². The van der Waals surface area contributed by atoms with Crippen LogP contribution in [0, 0.1) is 0 Å². The Hall–Kier alpha value is -1.91. The monoisotopic (exact) mass is 234 g/mol. The molecule has 1 fully saturated rings. The predicted octanol–water partition coefficient (Wildman–Crippen LogP) is 0.617. The van der Waals surface area contributed by atoms with Crippen LogP contribution < -0.4 is 5.32 Å². The summed E-state index contributed by atoms with van der Waals surface area (Å²) < 4.78 is 4.96. The molecule has 1 saturated heterocycles. The molecule has 2 heterocycles. The van der Waals surface area contributed by atoms with Crippen LogP contribution in [0.1, 0.15) is 24.8 Å². The normalized spacial score (nSPS) is 23.2. The standard InChI is InChI=1S/C12H14N2O3/c1-2-17-12(16)11-9(7-10(15)14-11)8-3-5-13-6-4-8/h3-6,9,11H,2,7H2,1H3,(H,14,15). The summed E-state index contributed by atoms with van der Waals surface area (Å²) in [4.78, 5) is 27.1. The number of esters is 1. The molecule has 0 spiro atoms. The minimum Gasteiger partial charge on any atom is -0.464 e. The summed E-state index contributed by atoms with van der Waals surface area (Å²) in [5.74, 6) is -0.658. The van der Waals surface area contributed by atoms with E-state index in [1.165, 1.54) is 0 Å². The van der Waals surface area contributed by atoms with Gasteiger partial charge in [-0.3, -0.25) is 9.78 Å². The lowest BCUT2D eigenvalue weighted by atomic mass is 9.93. The second kappa shape index (κ2) is 4.95. The molecular formula is C12H14N2O3. The van der Waals surface area contributed by atoms with Gasteiger partial charge in [-0.1, -0.05) is 0 Å². The Morgan fingerprint density at radius 3 is 2.88 bits per heavy atom. The average Bonchev–Trinajstić information content (AvgIpc) is 2.73. The summed E-state index contributed by atoms with van der Waals surface area (Å²) in [6, 6.07) is 3.05. The van der Waals surface area contributed by atoms with Gasteiger partial charge in [-0.25, -0.2) is 4.79 Å². The van der Waals surface area contributed by atoms with Crippen LogP contribution in [0.15, 0.2) is 24.5 Å². The van der Waals surface area contributed by atoms with E-state index in [2.05, 4.69) is 10.3 Å². The number of pyridine rings is 1. The third kappa shape index (κ3) is 2.43. The van der Waals surface area contributed by atoms with Gasteiger partial charge in [0.15, 0.2) is 0 Å². The SMILES string of the molecule is CCOC(=O)C1NC(=O)CC1c1ccncc1. The summed E-state index contributed by atoms with van der Waals surface area (Å²) >= 11 is 0. The zero-order valence-corrected chi connectivity index (χ0v) is 9.55. The molecule has 1 aromatic heterocycles. The fourth-order valence-corrected chi connectivity index (χ4v) is 2.03. The summed E-state index contributed by atoms with van der Waals surface area (Å²) in [7, 11) is 0. The highest BCUT2D eigenvalue weighted by atomic mass is 16.5. The maximum absolute atomic E-state index is 11.7. The number of ether oxygens (including phenoxy) is 1. The van der Waals surface area contributed by atoms with Gasteiger partial charge in [-0.05, 0) is 24.6 Å². The van der Waals surface area contributed by atoms with Crippen molar-refractivity contribution in [3.63, 3.8) is 0 Å². The van der Waals surface area contributed by atoms with Crippen molar-refractivity contribution in [3.8, 4) is 0 Å². The van der Waals surface area contributed by atoms with E-state index in [-0.39, 0.29) is 17.8 Å². The first-order chi connectivity index (χ1) is 8.22. The van der Waals surface area contributed by atoms with Crippen molar-refractivity contribution < 1.29 is 14.3 Å². The highest BCUT2D eigenvalue weighted by Crippen LogP contribution is 2.28. The molecule has 1 aliphatic rings. The van der Waals surface area contributed by atoms with Crippen molar-refractivity contribution in [3.05, 3.63) is 30.1 Å². The molecule has 17 heavy (non-hydrogen) atoms. The Labute approximate surface area is 99.2 Å². The van der Waals surface area contributed by atoms with Crippen LogP contribution in [0.5, 0.6) is 0 Å². The Bertz CT molecular complexity index is 419. The zero-order chi connectivity index (χ0) is 12.3. The Balaban J connectivity index is 2.20. The number of rotatable bonds is 3. The van der Waals surface area contributed by atoms with Gasteiger partial charge in [0.05, 0.1) is 6.61 Å². The van der Waals surface area contributed by atoms with Crippen LogP contribution in [0.25, 0.3) is 0 Å². The molecule has 0 radical (unpaired) electrons. The fourth-order valence-electron chi connectivity index (χ4n) is 2.03. The van der Waals surface area contributed by atoms with Crippen molar-refractivity contribution in [1.29, 1.82) is 0 Å². The lowest BCUT2D eigenvalue weighted by Gasteiger charge is -2.17. The Morgan fingerprint density at radius 1 is 1.53 bits per heavy atom. The van der Waals surface area contributed by atoms with Crippen LogP contribution in [-0.2, 0) is 14.3 Å². The molecule has 0 aliphatic carbocycles. The number of carbonyl (C=O) groups excluding carboxylic acids is 2. The maximum Gasteiger partial charge on any atom is 0.329 e. The third-order valence-electron chi connectivity index (χ3n) is 2.80. The van der Waals surface area contributed by atoms with Crippen LogP contribution in [-0.4, -0.2) is 29.5 Å². The third-order valence-corrected chi connectivity index (χ3v) is 2.80. The first-order valence-electron chi connectivity index (χ1n) is 5.58. The van der Waals surface area contributed by atoms with Gasteiger partial charge in [0.25, 0.3) is 0 Å². The number of nitrogens with zero attached hydrogens (tertiary/aromatic N) is 1. The fraction of sp³-hybridized carbons (Fsp3) is 0.417. The van der Waals surface area contributed by atoms with Crippen molar-refractivity contribution in [1.82, 2.24) is 10.3 Å². The van der Waals surface area contributed by atoms with E-state index in [0.29, 0.717) is 13.0 Å². The molecule has 90 valence electrons. The molecule has 1 aromatic rings. The Kier molecular flexibility index (Phi) is 3.37. The van der Waals surface area contributed by atoms with E-state index in [9.17, 15) is 9.59 Å². The largest absolute Gasteiger partial charge is 0.464 e. The maximum atomic E-state index is 11.7. The molecule has 1 amide bonds. The summed E-state index contributed by atoms with van der Waals surface area (Å²) in [5.41, 5.74) is 0.927. The van der Waals surface area contributed by atoms with E-state index < -0.39 is 6.04 Å². The highest BCUT2D eigenvalue weighted by Gasteiger charge is 2.39. The molecule has 5 nitrogen and oxygen atoms in total. The lowest BCUT2D eigenvalue weighted by Crippen LogP contribution is -2.37.